The summed E-state index contributed by atoms with van der Waals surface area (Å²) in [6.07, 6.45) is -0.618. The number of fused-ring (bicyclic) bond motifs is 1. The highest BCUT2D eigenvalue weighted by Gasteiger charge is 2.35. The molecule has 3 rings (SSSR count). The van der Waals surface area contributed by atoms with Crippen LogP contribution in [-0.2, 0) is 4.79 Å². The van der Waals surface area contributed by atoms with Crippen molar-refractivity contribution in [1.82, 2.24) is 10.4 Å². The van der Waals surface area contributed by atoms with Crippen LogP contribution < -0.4 is 20.2 Å². The van der Waals surface area contributed by atoms with Crippen LogP contribution in [0, 0.1) is 0 Å². The standard InChI is InChI=1S/C18H19N3O4/c1-11(22)20-21-17(14-9-8-12(24-2)10-16(14)25-3)19-15-7-5-4-6-13(15)18(21)23/h4-10,17,19H,1-3H3,(H,20,22)/t17-/m1/s1. The molecule has 0 saturated heterocycles. The minimum absolute atomic E-state index is 0.299. The Kier molecular flexibility index (Phi) is 4.47. The number of carbonyl (C=O) groups excluding carboxylic acids is 2. The van der Waals surface area contributed by atoms with Crippen LogP contribution in [0.4, 0.5) is 5.69 Å². The molecular weight excluding hydrogens is 322 g/mol. The van der Waals surface area contributed by atoms with E-state index in [1.807, 2.05) is 12.1 Å². The van der Waals surface area contributed by atoms with Crippen molar-refractivity contribution in [3.63, 3.8) is 0 Å². The number of hydrogen-bond acceptors (Lipinski definition) is 5. The topological polar surface area (TPSA) is 79.9 Å². The maximum absolute atomic E-state index is 12.9. The van der Waals surface area contributed by atoms with Gasteiger partial charge in [0.1, 0.15) is 11.5 Å². The number of methoxy groups -OCH3 is 2. The second-order valence-electron chi connectivity index (χ2n) is 5.54. The fraction of sp³-hybridized carbons (Fsp3) is 0.222. The van der Waals surface area contributed by atoms with Gasteiger partial charge in [-0.3, -0.25) is 15.0 Å². The SMILES string of the molecule is COc1ccc([C@@H]2Nc3ccccc3C(=O)N2NC(C)=O)c(OC)c1. The summed E-state index contributed by atoms with van der Waals surface area (Å²) >= 11 is 0. The van der Waals surface area contributed by atoms with Gasteiger partial charge in [0, 0.05) is 24.2 Å². The van der Waals surface area contributed by atoms with Crippen molar-refractivity contribution in [2.24, 2.45) is 0 Å². The molecule has 2 aromatic carbocycles. The van der Waals surface area contributed by atoms with E-state index in [-0.39, 0.29) is 11.8 Å². The largest absolute Gasteiger partial charge is 0.497 e. The molecule has 1 aliphatic heterocycles. The van der Waals surface area contributed by atoms with Crippen LogP contribution in [0.1, 0.15) is 29.0 Å². The van der Waals surface area contributed by atoms with Crippen molar-refractivity contribution >= 4 is 17.5 Å². The van der Waals surface area contributed by atoms with Crippen molar-refractivity contribution < 1.29 is 19.1 Å². The number of ether oxygens (including phenoxy) is 2. The molecule has 130 valence electrons. The Labute approximate surface area is 145 Å². The Morgan fingerprint density at radius 3 is 2.60 bits per heavy atom. The zero-order valence-electron chi connectivity index (χ0n) is 14.2. The molecule has 0 unspecified atom stereocenters. The Morgan fingerprint density at radius 2 is 1.92 bits per heavy atom. The van der Waals surface area contributed by atoms with Crippen molar-refractivity contribution in [2.45, 2.75) is 13.1 Å². The average Bonchev–Trinajstić information content (AvgIpc) is 2.63. The molecule has 0 saturated carbocycles. The summed E-state index contributed by atoms with van der Waals surface area (Å²) in [6.45, 7) is 1.36. The van der Waals surface area contributed by atoms with Gasteiger partial charge in [0.15, 0.2) is 6.17 Å². The van der Waals surface area contributed by atoms with Gasteiger partial charge in [0.2, 0.25) is 5.91 Å². The predicted molar refractivity (Wildman–Crippen MR) is 92.3 cm³/mol. The van der Waals surface area contributed by atoms with Gasteiger partial charge >= 0.3 is 0 Å². The Hall–Kier alpha value is -3.22. The second kappa shape index (κ2) is 6.72. The highest BCUT2D eigenvalue weighted by molar-refractivity contribution is 6.02. The van der Waals surface area contributed by atoms with E-state index in [1.165, 1.54) is 11.9 Å². The molecule has 1 aliphatic rings. The van der Waals surface area contributed by atoms with Crippen LogP contribution in [-0.4, -0.2) is 31.0 Å². The molecule has 0 fully saturated rings. The quantitative estimate of drug-likeness (QED) is 0.892. The summed E-state index contributed by atoms with van der Waals surface area (Å²) in [5.41, 5.74) is 4.47. The zero-order valence-corrected chi connectivity index (χ0v) is 14.2. The third-order valence-corrected chi connectivity index (χ3v) is 3.94. The van der Waals surface area contributed by atoms with E-state index in [1.54, 1.807) is 44.6 Å². The fourth-order valence-electron chi connectivity index (χ4n) is 2.80. The van der Waals surface area contributed by atoms with Gasteiger partial charge in [0.05, 0.1) is 19.8 Å². The number of rotatable bonds is 4. The Balaban J connectivity index is 2.09. The number of amides is 2. The van der Waals surface area contributed by atoms with E-state index in [0.29, 0.717) is 28.3 Å². The minimum Gasteiger partial charge on any atom is -0.497 e. The van der Waals surface area contributed by atoms with Gasteiger partial charge in [-0.15, -0.1) is 0 Å². The van der Waals surface area contributed by atoms with E-state index < -0.39 is 6.17 Å². The number of nitrogens with one attached hydrogen (secondary N) is 2. The van der Waals surface area contributed by atoms with E-state index in [0.717, 1.165) is 0 Å². The fourth-order valence-corrected chi connectivity index (χ4v) is 2.80. The van der Waals surface area contributed by atoms with Crippen LogP contribution in [0.2, 0.25) is 0 Å². The first kappa shape index (κ1) is 16.6. The number of benzene rings is 2. The van der Waals surface area contributed by atoms with Gasteiger partial charge in [-0.05, 0) is 24.3 Å². The Morgan fingerprint density at radius 1 is 1.16 bits per heavy atom. The van der Waals surface area contributed by atoms with E-state index in [2.05, 4.69) is 10.7 Å². The lowest BCUT2D eigenvalue weighted by Gasteiger charge is -2.38. The van der Waals surface area contributed by atoms with Gasteiger partial charge in [-0.1, -0.05) is 12.1 Å². The van der Waals surface area contributed by atoms with Gasteiger partial charge in [-0.2, -0.15) is 0 Å². The predicted octanol–water partition coefficient (Wildman–Crippen LogP) is 2.32. The normalized spacial score (nSPS) is 15.9. The maximum atomic E-state index is 12.9. The van der Waals surface area contributed by atoms with Gasteiger partial charge < -0.3 is 14.8 Å². The van der Waals surface area contributed by atoms with E-state index >= 15 is 0 Å². The molecule has 0 radical (unpaired) electrons. The molecule has 0 aromatic heterocycles. The first-order valence-electron chi connectivity index (χ1n) is 7.73. The van der Waals surface area contributed by atoms with Crippen molar-refractivity contribution in [2.75, 3.05) is 19.5 Å². The summed E-state index contributed by atoms with van der Waals surface area (Å²) in [5.74, 6) is 0.535. The molecule has 2 amide bonds. The van der Waals surface area contributed by atoms with Crippen LogP contribution in [0.15, 0.2) is 42.5 Å². The summed E-state index contributed by atoms with van der Waals surface area (Å²) in [4.78, 5) is 24.5. The number of hydrogen-bond donors (Lipinski definition) is 2. The highest BCUT2D eigenvalue weighted by atomic mass is 16.5. The summed E-state index contributed by atoms with van der Waals surface area (Å²) in [5, 5.41) is 4.55. The summed E-state index contributed by atoms with van der Waals surface area (Å²) in [6, 6.07) is 12.5. The monoisotopic (exact) mass is 341 g/mol. The molecule has 2 aromatic rings. The minimum atomic E-state index is -0.618. The molecule has 25 heavy (non-hydrogen) atoms. The number of para-hydroxylation sites is 1. The van der Waals surface area contributed by atoms with Crippen molar-refractivity contribution in [3.05, 3.63) is 53.6 Å². The molecule has 1 heterocycles. The van der Waals surface area contributed by atoms with Crippen molar-refractivity contribution in [3.8, 4) is 11.5 Å². The van der Waals surface area contributed by atoms with E-state index in [9.17, 15) is 9.59 Å². The molecule has 0 bridgehead atoms. The lowest BCUT2D eigenvalue weighted by atomic mass is 10.0. The number of carbonyl (C=O) groups is 2. The molecule has 0 spiro atoms. The maximum Gasteiger partial charge on any atom is 0.276 e. The zero-order chi connectivity index (χ0) is 18.0. The number of hydrazine groups is 1. The second-order valence-corrected chi connectivity index (χ2v) is 5.54. The molecule has 7 heteroatoms. The summed E-state index contributed by atoms with van der Waals surface area (Å²) < 4.78 is 10.7. The molecule has 0 aliphatic carbocycles. The first-order valence-corrected chi connectivity index (χ1v) is 7.73. The number of anilines is 1. The van der Waals surface area contributed by atoms with E-state index in [4.69, 9.17) is 9.47 Å². The average molecular weight is 341 g/mol. The lowest BCUT2D eigenvalue weighted by molar-refractivity contribution is -0.123. The van der Waals surface area contributed by atoms with Crippen LogP contribution in [0.3, 0.4) is 0 Å². The van der Waals surface area contributed by atoms with Crippen LogP contribution >= 0.6 is 0 Å². The first-order chi connectivity index (χ1) is 12.0. The smallest absolute Gasteiger partial charge is 0.276 e. The van der Waals surface area contributed by atoms with Crippen LogP contribution in [0.5, 0.6) is 11.5 Å². The molecular formula is C18H19N3O4. The third-order valence-electron chi connectivity index (χ3n) is 3.94. The lowest BCUT2D eigenvalue weighted by Crippen LogP contribution is -2.52. The molecule has 2 N–H and O–H groups in total. The Bertz CT molecular complexity index is 822. The summed E-state index contributed by atoms with van der Waals surface area (Å²) in [7, 11) is 3.11. The highest BCUT2D eigenvalue weighted by Crippen LogP contribution is 2.37. The van der Waals surface area contributed by atoms with Crippen LogP contribution in [0.25, 0.3) is 0 Å². The van der Waals surface area contributed by atoms with Gasteiger partial charge in [-0.25, -0.2) is 5.01 Å². The number of nitrogens with zero attached hydrogens (tertiary/aromatic N) is 1. The molecule has 1 atom stereocenters. The van der Waals surface area contributed by atoms with Crippen molar-refractivity contribution in [1.29, 1.82) is 0 Å². The van der Waals surface area contributed by atoms with Gasteiger partial charge in [0.25, 0.3) is 5.91 Å². The molecule has 7 nitrogen and oxygen atoms in total. The third kappa shape index (κ3) is 3.08.